The number of nitrogens with zero attached hydrogens (tertiary/aromatic N) is 1. The molecule has 0 radical (unpaired) electrons. The lowest BCUT2D eigenvalue weighted by Crippen LogP contribution is -2.38. The first-order valence-electron chi connectivity index (χ1n) is 12.5. The number of carbonyl (C=O) groups excluding carboxylic acids is 2. The van der Waals surface area contributed by atoms with Crippen molar-refractivity contribution < 1.29 is 27.5 Å². The summed E-state index contributed by atoms with van der Waals surface area (Å²) in [5, 5.41) is 6.45. The molecule has 37 heavy (non-hydrogen) atoms. The Balaban J connectivity index is 1.77. The molecule has 0 spiro atoms. The highest BCUT2D eigenvalue weighted by Crippen LogP contribution is 2.39. The minimum Gasteiger partial charge on any atom is -0.447 e. The van der Waals surface area contributed by atoms with Crippen LogP contribution in [0.2, 0.25) is 0 Å². The van der Waals surface area contributed by atoms with Crippen LogP contribution in [0.4, 0.5) is 15.3 Å². The van der Waals surface area contributed by atoms with Gasteiger partial charge in [0.25, 0.3) is 0 Å². The number of alkyl carbamates (subject to hydrolysis) is 1. The van der Waals surface area contributed by atoms with Gasteiger partial charge in [-0.25, -0.2) is 27.7 Å². The van der Waals surface area contributed by atoms with E-state index in [2.05, 4.69) is 20.3 Å². The summed E-state index contributed by atoms with van der Waals surface area (Å²) in [7, 11) is -3.83. The third kappa shape index (κ3) is 8.14. The van der Waals surface area contributed by atoms with Gasteiger partial charge in [-0.3, -0.25) is 5.32 Å². The molecule has 10 nitrogen and oxygen atoms in total. The van der Waals surface area contributed by atoms with Crippen LogP contribution in [0.25, 0.3) is 10.4 Å². The number of anilines is 1. The molecule has 0 saturated heterocycles. The third-order valence-corrected chi connectivity index (χ3v) is 8.50. The molecular formula is C25H36N4O6S2. The summed E-state index contributed by atoms with van der Waals surface area (Å²) in [5.74, 6) is 0.235. The number of nitrogens with one attached hydrogen (secondary N) is 3. The van der Waals surface area contributed by atoms with Gasteiger partial charge in [0.2, 0.25) is 10.0 Å². The summed E-state index contributed by atoms with van der Waals surface area (Å²) in [6, 6.07) is 4.82. The van der Waals surface area contributed by atoms with E-state index in [4.69, 9.17) is 9.47 Å². The highest BCUT2D eigenvalue weighted by molar-refractivity contribution is 7.89. The van der Waals surface area contributed by atoms with Crippen LogP contribution in [0.15, 0.2) is 29.3 Å². The summed E-state index contributed by atoms with van der Waals surface area (Å²) in [4.78, 5) is 29.3. The number of sulfonamides is 1. The van der Waals surface area contributed by atoms with Crippen LogP contribution in [0.5, 0.6) is 0 Å². The molecule has 0 aliphatic heterocycles. The molecule has 0 atom stereocenters. The molecular weight excluding hydrogens is 516 g/mol. The fourth-order valence-electron chi connectivity index (χ4n) is 4.16. The van der Waals surface area contributed by atoms with Gasteiger partial charge in [0.1, 0.15) is 0 Å². The van der Waals surface area contributed by atoms with Crippen LogP contribution < -0.4 is 15.4 Å². The van der Waals surface area contributed by atoms with Crippen LogP contribution >= 0.6 is 11.3 Å². The zero-order valence-electron chi connectivity index (χ0n) is 21.9. The monoisotopic (exact) mass is 552 g/mol. The molecule has 0 unspecified atom stereocenters. The number of hydrogen-bond acceptors (Lipinski definition) is 8. The number of ether oxygens (including phenoxy) is 2. The van der Waals surface area contributed by atoms with Crippen LogP contribution in [-0.2, 0) is 19.5 Å². The third-order valence-electron chi connectivity index (χ3n) is 5.72. The number of carbonyl (C=O) groups is 2. The number of amides is 2. The summed E-state index contributed by atoms with van der Waals surface area (Å²) >= 11 is 1.47. The Morgan fingerprint density at radius 1 is 1.05 bits per heavy atom. The molecule has 1 aliphatic carbocycles. The van der Waals surface area contributed by atoms with Crippen molar-refractivity contribution in [3.63, 3.8) is 0 Å². The highest BCUT2D eigenvalue weighted by Gasteiger charge is 2.27. The van der Waals surface area contributed by atoms with Crippen molar-refractivity contribution >= 4 is 39.2 Å². The van der Waals surface area contributed by atoms with Crippen LogP contribution in [0.1, 0.15) is 71.2 Å². The second-order valence-corrected chi connectivity index (χ2v) is 12.3. The lowest BCUT2D eigenvalue weighted by atomic mass is 9.86. The number of thiazole rings is 1. The first-order valence-corrected chi connectivity index (χ1v) is 14.8. The van der Waals surface area contributed by atoms with E-state index in [0.717, 1.165) is 35.6 Å². The zero-order valence-corrected chi connectivity index (χ0v) is 23.5. The van der Waals surface area contributed by atoms with Crippen molar-refractivity contribution in [2.45, 2.75) is 89.4 Å². The Kier molecular flexibility index (Phi) is 9.91. The molecule has 1 fully saturated rings. The van der Waals surface area contributed by atoms with Crippen molar-refractivity contribution in [2.24, 2.45) is 0 Å². The number of rotatable bonds is 9. The lowest BCUT2D eigenvalue weighted by molar-refractivity contribution is 0.109. The maximum atomic E-state index is 13.0. The van der Waals surface area contributed by atoms with Crippen LogP contribution in [0.3, 0.4) is 0 Å². The molecule has 1 aromatic carbocycles. The largest absolute Gasteiger partial charge is 0.447 e. The van der Waals surface area contributed by atoms with Crippen LogP contribution in [0, 0.1) is 0 Å². The molecule has 0 bridgehead atoms. The van der Waals surface area contributed by atoms with E-state index in [9.17, 15) is 18.0 Å². The van der Waals surface area contributed by atoms with E-state index in [0.29, 0.717) is 11.3 Å². The van der Waals surface area contributed by atoms with E-state index in [-0.39, 0.29) is 41.7 Å². The van der Waals surface area contributed by atoms with Crippen molar-refractivity contribution in [2.75, 3.05) is 11.9 Å². The van der Waals surface area contributed by atoms with Gasteiger partial charge in [0.05, 0.1) is 27.0 Å². The van der Waals surface area contributed by atoms with Crippen molar-refractivity contribution in [1.82, 2.24) is 15.0 Å². The van der Waals surface area contributed by atoms with Gasteiger partial charge in [0, 0.05) is 36.0 Å². The van der Waals surface area contributed by atoms with E-state index >= 15 is 0 Å². The Bertz CT molecular complexity index is 1190. The van der Waals surface area contributed by atoms with Gasteiger partial charge >= 0.3 is 12.2 Å². The van der Waals surface area contributed by atoms with Crippen LogP contribution in [-0.4, -0.2) is 50.4 Å². The van der Waals surface area contributed by atoms with Crippen molar-refractivity contribution in [3.05, 3.63) is 29.4 Å². The maximum absolute atomic E-state index is 13.0. The fourth-order valence-corrected chi connectivity index (χ4v) is 6.63. The Labute approximate surface area is 222 Å². The van der Waals surface area contributed by atoms with Crippen molar-refractivity contribution in [3.8, 4) is 10.4 Å². The zero-order chi connectivity index (χ0) is 27.2. The van der Waals surface area contributed by atoms with E-state index in [1.165, 1.54) is 17.4 Å². The minimum atomic E-state index is -3.83. The summed E-state index contributed by atoms with van der Waals surface area (Å²) in [6.07, 6.45) is 3.55. The van der Waals surface area contributed by atoms with Crippen molar-refractivity contribution in [1.29, 1.82) is 0 Å². The highest BCUT2D eigenvalue weighted by atomic mass is 32.2. The van der Waals surface area contributed by atoms with E-state index in [1.807, 2.05) is 13.8 Å². The van der Waals surface area contributed by atoms with Gasteiger partial charge in [-0.2, -0.15) is 0 Å². The normalized spacial score (nSPS) is 18.0. The predicted octanol–water partition coefficient (Wildman–Crippen LogP) is 5.23. The second kappa shape index (κ2) is 12.7. The Hall–Kier alpha value is -2.70. The number of aromatic nitrogens is 1. The van der Waals surface area contributed by atoms with Gasteiger partial charge in [-0.15, -0.1) is 11.3 Å². The smallest absolute Gasteiger partial charge is 0.411 e. The molecule has 3 N–H and O–H groups in total. The maximum Gasteiger partial charge on any atom is 0.411 e. The molecule has 1 heterocycles. The Morgan fingerprint density at radius 3 is 2.32 bits per heavy atom. The lowest BCUT2D eigenvalue weighted by Gasteiger charge is -2.28. The molecule has 1 saturated carbocycles. The number of benzene rings is 1. The summed E-state index contributed by atoms with van der Waals surface area (Å²) in [5.41, 5.74) is 0.830. The molecule has 1 aliphatic rings. The van der Waals surface area contributed by atoms with E-state index < -0.39 is 16.1 Å². The molecule has 3 rings (SSSR count). The SMILES string of the molecule is CCNS(=O)(=O)c1cc(NC(=O)OC(C)C)ccc1-c1cnc(C2CCC(NC(=O)OC(C)C)CC2)s1. The van der Waals surface area contributed by atoms with Gasteiger partial charge in [-0.05, 0) is 65.5 Å². The van der Waals surface area contributed by atoms with Gasteiger partial charge in [0.15, 0.2) is 0 Å². The second-order valence-electron chi connectivity index (χ2n) is 9.50. The first kappa shape index (κ1) is 28.9. The number of hydrogen-bond donors (Lipinski definition) is 3. The molecule has 204 valence electrons. The molecule has 1 aromatic heterocycles. The van der Waals surface area contributed by atoms with Gasteiger partial charge in [-0.1, -0.05) is 13.0 Å². The average molecular weight is 553 g/mol. The van der Waals surface area contributed by atoms with E-state index in [1.54, 1.807) is 39.1 Å². The average Bonchev–Trinajstić information content (AvgIpc) is 3.28. The molecule has 2 aromatic rings. The molecule has 2 amide bonds. The summed E-state index contributed by atoms with van der Waals surface area (Å²) < 4.78 is 38.9. The molecule has 12 heteroatoms. The minimum absolute atomic E-state index is 0.0588. The quantitative estimate of drug-likeness (QED) is 0.388. The predicted molar refractivity (Wildman–Crippen MR) is 143 cm³/mol. The first-order chi connectivity index (χ1) is 17.5. The fraction of sp³-hybridized carbons (Fsp3) is 0.560. The Morgan fingerprint density at radius 2 is 1.70 bits per heavy atom. The summed E-state index contributed by atoms with van der Waals surface area (Å²) in [6.45, 7) is 9.03. The van der Waals surface area contributed by atoms with Gasteiger partial charge < -0.3 is 14.8 Å². The standard InChI is InChI=1S/C25H36N4O6S2/c1-6-27-37(32,33)22-13-19(29-25(31)35-16(4)5)11-12-20(22)21-14-26-23(36-21)17-7-9-18(10-8-17)28-24(30)34-15(2)3/h11-18,27H,6-10H2,1-5H3,(H,28,30)(H,29,31). The topological polar surface area (TPSA) is 136 Å².